The predicted octanol–water partition coefficient (Wildman–Crippen LogP) is 1.50. The minimum atomic E-state index is 0.284. The van der Waals surface area contributed by atoms with E-state index in [0.717, 1.165) is 43.8 Å². The Labute approximate surface area is 124 Å². The molecule has 1 aliphatic rings. The van der Waals surface area contributed by atoms with Crippen LogP contribution in [0.5, 0.6) is 5.75 Å². The minimum absolute atomic E-state index is 0.284. The number of anilines is 1. The predicted molar refractivity (Wildman–Crippen MR) is 79.6 cm³/mol. The molecule has 1 fully saturated rings. The monoisotopic (exact) mass is 285 g/mol. The summed E-state index contributed by atoms with van der Waals surface area (Å²) in [7, 11) is 0. The molecule has 0 aliphatic carbocycles. The fraction of sp³-hybridized carbons (Fsp3) is 0.400. The molecule has 0 radical (unpaired) electrons. The first kappa shape index (κ1) is 13.8. The molecule has 0 spiro atoms. The van der Waals surface area contributed by atoms with E-state index in [2.05, 4.69) is 19.9 Å². The van der Waals surface area contributed by atoms with Crippen LogP contribution in [0.1, 0.15) is 18.4 Å². The van der Waals surface area contributed by atoms with Crippen molar-refractivity contribution in [3.8, 4) is 5.75 Å². The van der Waals surface area contributed by atoms with Gasteiger partial charge in [0.1, 0.15) is 11.9 Å². The van der Waals surface area contributed by atoms with Gasteiger partial charge in [0.15, 0.2) is 0 Å². The molecule has 21 heavy (non-hydrogen) atoms. The second-order valence-corrected chi connectivity index (χ2v) is 5.23. The number of hydrogen-bond acceptors (Lipinski definition) is 6. The second-order valence-electron chi connectivity index (χ2n) is 5.23. The van der Waals surface area contributed by atoms with Crippen molar-refractivity contribution in [1.29, 1.82) is 0 Å². The van der Waals surface area contributed by atoms with E-state index in [1.807, 2.05) is 12.1 Å². The van der Waals surface area contributed by atoms with Crippen LogP contribution in [-0.4, -0.2) is 39.0 Å². The minimum Gasteiger partial charge on any atom is -0.490 e. The van der Waals surface area contributed by atoms with Gasteiger partial charge >= 0.3 is 0 Å². The van der Waals surface area contributed by atoms with Crippen LogP contribution in [0.25, 0.3) is 0 Å². The fourth-order valence-corrected chi connectivity index (χ4v) is 2.50. The quantitative estimate of drug-likeness (QED) is 0.917. The Morgan fingerprint density at radius 1 is 1.14 bits per heavy atom. The molecule has 6 heteroatoms. The summed E-state index contributed by atoms with van der Waals surface area (Å²) in [6.45, 7) is 2.89. The summed E-state index contributed by atoms with van der Waals surface area (Å²) >= 11 is 0. The number of likely N-dealkylation sites (tertiary alicyclic amines) is 1. The number of hydrogen-bond donors (Lipinski definition) is 1. The molecule has 0 unspecified atom stereocenters. The fourth-order valence-electron chi connectivity index (χ4n) is 2.50. The maximum absolute atomic E-state index is 5.96. The van der Waals surface area contributed by atoms with Gasteiger partial charge in [-0.05, 0) is 25.0 Å². The molecule has 0 amide bonds. The van der Waals surface area contributed by atoms with Crippen LogP contribution in [-0.2, 0) is 6.54 Å². The Bertz CT molecular complexity index is 552. The number of nitrogens with two attached hydrogens (primary N) is 1. The molecule has 0 saturated carbocycles. The first-order valence-corrected chi connectivity index (χ1v) is 7.15. The topological polar surface area (TPSA) is 77.2 Å². The van der Waals surface area contributed by atoms with E-state index in [1.165, 1.54) is 0 Å². The molecular formula is C15H19N5O. The Morgan fingerprint density at radius 3 is 2.48 bits per heavy atom. The summed E-state index contributed by atoms with van der Waals surface area (Å²) in [5.41, 5.74) is 6.59. The van der Waals surface area contributed by atoms with Gasteiger partial charge in [0.25, 0.3) is 0 Å². The van der Waals surface area contributed by atoms with Gasteiger partial charge in [0, 0.05) is 50.0 Å². The summed E-state index contributed by atoms with van der Waals surface area (Å²) in [4.78, 5) is 14.4. The molecule has 2 aromatic heterocycles. The van der Waals surface area contributed by atoms with Crippen LogP contribution < -0.4 is 10.5 Å². The Morgan fingerprint density at radius 2 is 1.81 bits per heavy atom. The molecule has 3 rings (SSSR count). The van der Waals surface area contributed by atoms with E-state index >= 15 is 0 Å². The molecule has 3 heterocycles. The smallest absolute Gasteiger partial charge is 0.219 e. The highest BCUT2D eigenvalue weighted by Crippen LogP contribution is 2.19. The summed E-state index contributed by atoms with van der Waals surface area (Å²) in [6, 6.07) is 3.80. The molecule has 0 atom stereocenters. The van der Waals surface area contributed by atoms with Gasteiger partial charge in [-0.3, -0.25) is 9.88 Å². The van der Waals surface area contributed by atoms with Gasteiger partial charge in [-0.2, -0.15) is 0 Å². The number of ether oxygens (including phenoxy) is 1. The van der Waals surface area contributed by atoms with Gasteiger partial charge in [-0.25, -0.2) is 9.97 Å². The van der Waals surface area contributed by atoms with E-state index in [0.29, 0.717) is 5.95 Å². The van der Waals surface area contributed by atoms with E-state index in [-0.39, 0.29) is 6.10 Å². The molecule has 0 bridgehead atoms. The van der Waals surface area contributed by atoms with Gasteiger partial charge in [0.2, 0.25) is 5.95 Å². The standard InChI is InChI=1S/C15H19N5O/c16-15-18-9-12(10-19-15)11-20-7-3-14(4-8-20)21-13-1-5-17-6-2-13/h1-2,5-6,9-10,14H,3-4,7-8,11H2,(H2,16,18,19). The second kappa shape index (κ2) is 6.49. The maximum atomic E-state index is 5.96. The lowest BCUT2D eigenvalue weighted by Crippen LogP contribution is -2.37. The highest BCUT2D eigenvalue weighted by Gasteiger charge is 2.20. The number of rotatable bonds is 4. The average molecular weight is 285 g/mol. The van der Waals surface area contributed by atoms with Gasteiger partial charge < -0.3 is 10.5 Å². The molecule has 6 nitrogen and oxygen atoms in total. The average Bonchev–Trinajstić information content (AvgIpc) is 2.53. The van der Waals surface area contributed by atoms with Crippen molar-refractivity contribution in [2.45, 2.75) is 25.5 Å². The third kappa shape index (κ3) is 3.88. The summed E-state index contributed by atoms with van der Waals surface area (Å²) in [6.07, 6.45) is 9.43. The van der Waals surface area contributed by atoms with E-state index in [1.54, 1.807) is 24.8 Å². The highest BCUT2D eigenvalue weighted by molar-refractivity contribution is 5.18. The summed E-state index contributed by atoms with van der Waals surface area (Å²) in [5.74, 6) is 1.22. The van der Waals surface area contributed by atoms with E-state index in [4.69, 9.17) is 10.5 Å². The van der Waals surface area contributed by atoms with Crippen molar-refractivity contribution >= 4 is 5.95 Å². The van der Waals surface area contributed by atoms with Crippen molar-refractivity contribution < 1.29 is 4.74 Å². The Kier molecular flexibility index (Phi) is 4.25. The van der Waals surface area contributed by atoms with Crippen molar-refractivity contribution in [3.05, 3.63) is 42.5 Å². The van der Waals surface area contributed by atoms with Crippen LogP contribution in [0.3, 0.4) is 0 Å². The zero-order chi connectivity index (χ0) is 14.5. The Balaban J connectivity index is 1.47. The van der Waals surface area contributed by atoms with E-state index < -0.39 is 0 Å². The molecule has 110 valence electrons. The van der Waals surface area contributed by atoms with Crippen LogP contribution in [0, 0.1) is 0 Å². The van der Waals surface area contributed by atoms with Gasteiger partial charge in [-0.1, -0.05) is 0 Å². The number of piperidine rings is 1. The largest absolute Gasteiger partial charge is 0.490 e. The zero-order valence-corrected chi connectivity index (χ0v) is 11.9. The first-order chi connectivity index (χ1) is 10.3. The normalized spacial score (nSPS) is 16.8. The van der Waals surface area contributed by atoms with Crippen molar-refractivity contribution in [1.82, 2.24) is 19.9 Å². The third-order valence-corrected chi connectivity index (χ3v) is 3.62. The maximum Gasteiger partial charge on any atom is 0.219 e. The van der Waals surface area contributed by atoms with Crippen LogP contribution in [0.4, 0.5) is 5.95 Å². The lowest BCUT2D eigenvalue weighted by molar-refractivity contribution is 0.0966. The SMILES string of the molecule is Nc1ncc(CN2CCC(Oc3ccncc3)CC2)cn1. The number of pyridine rings is 1. The van der Waals surface area contributed by atoms with Crippen molar-refractivity contribution in [2.75, 3.05) is 18.8 Å². The molecule has 2 aromatic rings. The zero-order valence-electron chi connectivity index (χ0n) is 11.9. The molecule has 0 aromatic carbocycles. The summed E-state index contributed by atoms with van der Waals surface area (Å²) in [5, 5.41) is 0. The van der Waals surface area contributed by atoms with Crippen LogP contribution in [0.15, 0.2) is 36.9 Å². The lowest BCUT2D eigenvalue weighted by atomic mass is 10.1. The van der Waals surface area contributed by atoms with E-state index in [9.17, 15) is 0 Å². The summed E-state index contributed by atoms with van der Waals surface area (Å²) < 4.78 is 5.96. The van der Waals surface area contributed by atoms with Crippen molar-refractivity contribution in [3.63, 3.8) is 0 Å². The Hall–Kier alpha value is -2.21. The van der Waals surface area contributed by atoms with Gasteiger partial charge in [-0.15, -0.1) is 0 Å². The lowest BCUT2D eigenvalue weighted by Gasteiger charge is -2.32. The van der Waals surface area contributed by atoms with Crippen molar-refractivity contribution in [2.24, 2.45) is 0 Å². The number of nitrogen functional groups attached to an aromatic ring is 1. The number of nitrogens with zero attached hydrogens (tertiary/aromatic N) is 4. The number of aromatic nitrogens is 3. The molecule has 2 N–H and O–H groups in total. The first-order valence-electron chi connectivity index (χ1n) is 7.15. The van der Waals surface area contributed by atoms with Crippen LogP contribution in [0.2, 0.25) is 0 Å². The molecule has 1 saturated heterocycles. The molecular weight excluding hydrogens is 266 g/mol. The van der Waals surface area contributed by atoms with Crippen LogP contribution >= 0.6 is 0 Å². The van der Waals surface area contributed by atoms with Gasteiger partial charge in [0.05, 0.1) is 0 Å². The highest BCUT2D eigenvalue weighted by atomic mass is 16.5. The third-order valence-electron chi connectivity index (χ3n) is 3.62. The molecule has 1 aliphatic heterocycles.